The zero-order chi connectivity index (χ0) is 41.0. The number of piperidine rings is 2. The Balaban J connectivity index is 0.000000258. The van der Waals surface area contributed by atoms with Crippen molar-refractivity contribution in [3.8, 4) is 0 Å². The minimum Gasteiger partial charge on any atom is -0.481 e. The van der Waals surface area contributed by atoms with E-state index in [9.17, 15) is 19.2 Å². The number of carbonyl (C=O) groups excluding carboxylic acids is 3. The monoisotopic (exact) mass is 872 g/mol. The molecular formula is C50H66Cl2N4O5. The molecule has 4 N–H and O–H groups in total. The second kappa shape index (κ2) is 24.1. The minimum absolute atomic E-state index is 0. The Labute approximate surface area is 374 Å². The molecular weight excluding hydrogens is 807 g/mol. The summed E-state index contributed by atoms with van der Waals surface area (Å²) in [6, 6.07) is 34.3. The van der Waals surface area contributed by atoms with Crippen LogP contribution < -0.4 is 16.0 Å². The highest BCUT2D eigenvalue weighted by molar-refractivity contribution is 6.30. The first kappa shape index (κ1) is 50.7. The van der Waals surface area contributed by atoms with Crippen LogP contribution in [0.3, 0.4) is 0 Å². The summed E-state index contributed by atoms with van der Waals surface area (Å²) in [5, 5.41) is 19.4. The molecule has 4 aromatic rings. The van der Waals surface area contributed by atoms with Crippen LogP contribution in [-0.4, -0.2) is 59.9 Å². The summed E-state index contributed by atoms with van der Waals surface area (Å²) in [5.41, 5.74) is 3.27. The Morgan fingerprint density at radius 2 is 1.13 bits per heavy atom. The maximum atomic E-state index is 13.5. The molecule has 3 amide bonds. The van der Waals surface area contributed by atoms with Crippen LogP contribution in [0.15, 0.2) is 109 Å². The van der Waals surface area contributed by atoms with E-state index in [1.807, 2.05) is 114 Å². The zero-order valence-corrected chi connectivity index (χ0v) is 34.4. The van der Waals surface area contributed by atoms with E-state index in [1.54, 1.807) is 0 Å². The summed E-state index contributed by atoms with van der Waals surface area (Å²) < 4.78 is 0. The van der Waals surface area contributed by atoms with Crippen molar-refractivity contribution in [3.63, 3.8) is 0 Å². The maximum absolute atomic E-state index is 13.5. The molecule has 0 unspecified atom stereocenters. The fourth-order valence-electron chi connectivity index (χ4n) is 8.47. The number of anilines is 2. The Bertz CT molecular complexity index is 1960. The van der Waals surface area contributed by atoms with E-state index in [0.29, 0.717) is 16.6 Å². The van der Waals surface area contributed by atoms with E-state index in [4.69, 9.17) is 28.3 Å². The number of para-hydroxylation sites is 2. The lowest BCUT2D eigenvalue weighted by molar-refractivity contribution is -0.144. The van der Waals surface area contributed by atoms with Gasteiger partial charge in [-0.3, -0.25) is 19.2 Å². The first-order valence-electron chi connectivity index (χ1n) is 20.5. The molecule has 2 atom stereocenters. The van der Waals surface area contributed by atoms with Gasteiger partial charge in [0.1, 0.15) is 0 Å². The number of hydrogen-bond acceptors (Lipinski definition) is 5. The third-order valence-electron chi connectivity index (χ3n) is 12.1. The lowest BCUT2D eigenvalue weighted by Crippen LogP contribution is -2.54. The standard InChI is InChI=1S/C23H25ClN2O2.C12H13ClO2.C12H16N2O.3CH4/c24-19-11-9-18(10-12-19)23(13-5-14-23)22(28)26-15-4-6-17(16-26)21(27)25-20-7-2-1-3-8-20;13-10-4-2-9(3-5-10)12(6-1-7-12)8-11(14)15;15-12(10-5-4-8-13-9-10)14-11-6-2-1-3-7-11;;;/h1-3,7-12,17H,4-6,13-16H2,(H,25,27);2-5H,1,6-8H2,(H,14,15);1-3,6-7,10,13H,4-5,8-9H2,(H,14,15);3*1H4/t17-;;10-;;;/m0.0.../s1. The quantitative estimate of drug-likeness (QED) is 0.133. The number of carboxylic acids is 1. The Hall–Kier alpha value is -4.70. The van der Waals surface area contributed by atoms with Crippen LogP contribution in [0.2, 0.25) is 10.0 Å². The number of carboxylic acid groups (broad SMARTS) is 1. The van der Waals surface area contributed by atoms with Gasteiger partial charge in [-0.05, 0) is 118 Å². The first-order valence-corrected chi connectivity index (χ1v) is 21.3. The summed E-state index contributed by atoms with van der Waals surface area (Å²) in [5.74, 6) is -0.464. The highest BCUT2D eigenvalue weighted by Gasteiger charge is 2.48. The normalized spacial score (nSPS) is 19.2. The molecule has 9 nitrogen and oxygen atoms in total. The van der Waals surface area contributed by atoms with Crippen LogP contribution in [0, 0.1) is 11.8 Å². The van der Waals surface area contributed by atoms with E-state index in [0.717, 1.165) is 106 Å². The molecule has 2 heterocycles. The molecule has 11 heteroatoms. The van der Waals surface area contributed by atoms with Crippen molar-refractivity contribution in [2.45, 2.75) is 104 Å². The smallest absolute Gasteiger partial charge is 0.304 e. The van der Waals surface area contributed by atoms with Gasteiger partial charge in [-0.15, -0.1) is 0 Å². The van der Waals surface area contributed by atoms with E-state index >= 15 is 0 Å². The number of likely N-dealkylation sites (tertiary alicyclic amines) is 1. The van der Waals surface area contributed by atoms with Gasteiger partial charge in [-0.2, -0.15) is 0 Å². The summed E-state index contributed by atoms with van der Waals surface area (Å²) in [4.78, 5) is 50.7. The van der Waals surface area contributed by atoms with Crippen LogP contribution in [0.1, 0.15) is 104 Å². The van der Waals surface area contributed by atoms with Crippen molar-refractivity contribution in [3.05, 3.63) is 130 Å². The Kier molecular flexibility index (Phi) is 20.0. The van der Waals surface area contributed by atoms with E-state index in [-0.39, 0.29) is 63.7 Å². The average molecular weight is 874 g/mol. The molecule has 330 valence electrons. The third kappa shape index (κ3) is 13.4. The molecule has 61 heavy (non-hydrogen) atoms. The first-order chi connectivity index (χ1) is 28.1. The second-order valence-electron chi connectivity index (χ2n) is 16.0. The van der Waals surface area contributed by atoms with Crippen molar-refractivity contribution >= 4 is 58.3 Å². The van der Waals surface area contributed by atoms with Crippen molar-refractivity contribution in [2.24, 2.45) is 11.8 Å². The molecule has 0 radical (unpaired) electrons. The summed E-state index contributed by atoms with van der Waals surface area (Å²) in [7, 11) is 0. The molecule has 2 saturated heterocycles. The third-order valence-corrected chi connectivity index (χ3v) is 12.6. The van der Waals surface area contributed by atoms with Gasteiger partial charge in [0.25, 0.3) is 0 Å². The highest BCUT2D eigenvalue weighted by Crippen LogP contribution is 2.47. The molecule has 2 aliphatic heterocycles. The van der Waals surface area contributed by atoms with Crippen molar-refractivity contribution in [1.29, 1.82) is 0 Å². The van der Waals surface area contributed by atoms with Crippen LogP contribution in [0.5, 0.6) is 0 Å². The molecule has 0 spiro atoms. The Morgan fingerprint density at radius 3 is 1.57 bits per heavy atom. The van der Waals surface area contributed by atoms with Gasteiger partial charge in [0.2, 0.25) is 17.7 Å². The van der Waals surface area contributed by atoms with Gasteiger partial charge in [-0.25, -0.2) is 0 Å². The van der Waals surface area contributed by atoms with Crippen LogP contribution in [-0.2, 0) is 30.0 Å². The number of amides is 3. The fourth-order valence-corrected chi connectivity index (χ4v) is 8.73. The molecule has 2 aliphatic carbocycles. The number of benzene rings is 4. The number of hydrogen-bond donors (Lipinski definition) is 4. The van der Waals surface area contributed by atoms with E-state index < -0.39 is 11.4 Å². The van der Waals surface area contributed by atoms with Crippen LogP contribution in [0.25, 0.3) is 0 Å². The fraction of sp³-hybridized carbons (Fsp3) is 0.440. The number of halogens is 2. The second-order valence-corrected chi connectivity index (χ2v) is 16.9. The SMILES string of the molecule is C.C.C.O=C(Nc1ccccc1)[C@H]1CCCN(C(=O)C2(c3ccc(Cl)cc3)CCC2)C1.O=C(Nc1ccccc1)[C@H]1CCCNC1.O=C(O)CC1(c2ccc(Cl)cc2)CCC1. The lowest BCUT2D eigenvalue weighted by Gasteiger charge is -2.45. The summed E-state index contributed by atoms with van der Waals surface area (Å²) >= 11 is 11.8. The van der Waals surface area contributed by atoms with Gasteiger partial charge in [0.15, 0.2) is 0 Å². The predicted octanol–water partition coefficient (Wildman–Crippen LogP) is 11.4. The molecule has 4 aliphatic rings. The average Bonchev–Trinajstić information content (AvgIpc) is 3.21. The molecule has 4 aromatic carbocycles. The molecule has 2 saturated carbocycles. The van der Waals surface area contributed by atoms with E-state index in [2.05, 4.69) is 16.0 Å². The molecule has 0 bridgehead atoms. The van der Waals surface area contributed by atoms with Gasteiger partial charge in [-0.1, -0.05) is 119 Å². The zero-order valence-electron chi connectivity index (χ0n) is 32.9. The minimum atomic E-state index is -0.718. The van der Waals surface area contributed by atoms with Crippen LogP contribution in [0.4, 0.5) is 11.4 Å². The van der Waals surface area contributed by atoms with Gasteiger partial charge < -0.3 is 26.0 Å². The number of aliphatic carboxylic acids is 1. The number of rotatable bonds is 9. The molecule has 0 aromatic heterocycles. The number of nitrogens with zero attached hydrogens (tertiary/aromatic N) is 1. The van der Waals surface area contributed by atoms with Gasteiger partial charge in [0, 0.05) is 46.5 Å². The largest absolute Gasteiger partial charge is 0.481 e. The van der Waals surface area contributed by atoms with Gasteiger partial charge in [0.05, 0.1) is 23.7 Å². The van der Waals surface area contributed by atoms with Gasteiger partial charge >= 0.3 is 5.97 Å². The maximum Gasteiger partial charge on any atom is 0.304 e. The Morgan fingerprint density at radius 1 is 0.639 bits per heavy atom. The van der Waals surface area contributed by atoms with Crippen LogP contribution >= 0.6 is 23.2 Å². The highest BCUT2D eigenvalue weighted by atomic mass is 35.5. The van der Waals surface area contributed by atoms with E-state index in [1.165, 1.54) is 0 Å². The van der Waals surface area contributed by atoms with Crippen molar-refractivity contribution in [1.82, 2.24) is 10.2 Å². The number of carbonyl (C=O) groups is 4. The van der Waals surface area contributed by atoms with Crippen molar-refractivity contribution in [2.75, 3.05) is 36.8 Å². The lowest BCUT2D eigenvalue weighted by atomic mass is 9.62. The summed E-state index contributed by atoms with van der Waals surface area (Å²) in [6.07, 6.45) is 9.84. The predicted molar refractivity (Wildman–Crippen MR) is 251 cm³/mol. The van der Waals surface area contributed by atoms with Crippen molar-refractivity contribution < 1.29 is 24.3 Å². The summed E-state index contributed by atoms with van der Waals surface area (Å²) in [6.45, 7) is 3.06. The topological polar surface area (TPSA) is 128 Å². The number of nitrogens with one attached hydrogen (secondary N) is 3. The molecule has 8 rings (SSSR count). The molecule has 4 fully saturated rings.